The molecule has 0 spiro atoms. The van der Waals surface area contributed by atoms with Crippen molar-refractivity contribution in [3.05, 3.63) is 62.8 Å². The number of nitrogens with one attached hydrogen (secondary N) is 1. The van der Waals surface area contributed by atoms with Gasteiger partial charge in [-0.25, -0.2) is 4.79 Å². The molecule has 1 saturated heterocycles. The minimum atomic E-state index is -0.632. The zero-order chi connectivity index (χ0) is 27.0. The Balaban J connectivity index is 1.57. The minimum Gasteiger partial charge on any atom is -0.341 e. The molecule has 0 bridgehead atoms. The molecule has 1 aliphatic heterocycles. The van der Waals surface area contributed by atoms with Crippen LogP contribution in [0, 0.1) is 5.92 Å². The van der Waals surface area contributed by atoms with Crippen molar-refractivity contribution in [1.82, 2.24) is 18.7 Å². The van der Waals surface area contributed by atoms with Gasteiger partial charge in [0, 0.05) is 44.2 Å². The highest BCUT2D eigenvalue weighted by molar-refractivity contribution is 6.05. The Morgan fingerprint density at radius 2 is 1.92 bits per heavy atom. The summed E-state index contributed by atoms with van der Waals surface area (Å²) in [6.45, 7) is 3.16. The number of nitrogens with zero attached hydrogens (tertiary/aromatic N) is 5. The molecule has 11 nitrogen and oxygen atoms in total. The fraction of sp³-hybridized carbons (Fsp3) is 0.444. The predicted octanol–water partition coefficient (Wildman–Crippen LogP) is 1.63. The summed E-state index contributed by atoms with van der Waals surface area (Å²) in [7, 11) is 1.55. The van der Waals surface area contributed by atoms with Gasteiger partial charge in [0.15, 0.2) is 16.9 Å². The van der Waals surface area contributed by atoms with Gasteiger partial charge in [-0.1, -0.05) is 24.3 Å². The van der Waals surface area contributed by atoms with Crippen molar-refractivity contribution in [2.24, 2.45) is 18.7 Å². The molecule has 11 heteroatoms. The number of piperidine rings is 1. The molecule has 0 unspecified atom stereocenters. The van der Waals surface area contributed by atoms with Crippen LogP contribution in [0.3, 0.4) is 0 Å². The zero-order valence-electron chi connectivity index (χ0n) is 21.7. The van der Waals surface area contributed by atoms with Crippen LogP contribution in [0.25, 0.3) is 11.2 Å². The van der Waals surface area contributed by atoms with E-state index in [4.69, 9.17) is 10.7 Å². The van der Waals surface area contributed by atoms with Crippen molar-refractivity contribution < 1.29 is 9.59 Å². The Hall–Kier alpha value is -3.99. The average molecular weight is 520 g/mol. The predicted molar refractivity (Wildman–Crippen MR) is 146 cm³/mol. The molecule has 1 aliphatic carbocycles. The van der Waals surface area contributed by atoms with E-state index in [0.29, 0.717) is 24.7 Å². The summed E-state index contributed by atoms with van der Waals surface area (Å²) in [5, 5.41) is 2.82. The van der Waals surface area contributed by atoms with Gasteiger partial charge in [-0.15, -0.1) is 0 Å². The fourth-order valence-electron chi connectivity index (χ4n) is 4.96. The number of ketones is 1. The van der Waals surface area contributed by atoms with E-state index in [1.165, 1.54) is 4.57 Å². The normalized spacial score (nSPS) is 17.9. The average Bonchev–Trinajstić information content (AvgIpc) is 3.69. The Morgan fingerprint density at radius 1 is 1.16 bits per heavy atom. The molecule has 1 saturated carbocycles. The van der Waals surface area contributed by atoms with Crippen molar-refractivity contribution in [1.29, 1.82) is 0 Å². The van der Waals surface area contributed by atoms with Crippen LogP contribution in [0.2, 0.25) is 0 Å². The molecule has 0 radical (unpaired) electrons. The Labute approximate surface area is 219 Å². The van der Waals surface area contributed by atoms with E-state index < -0.39 is 23.6 Å². The number of carbonyl (C=O) groups is 2. The SMILES string of the molecule is C/C=C/Cn1c(N2CCC[C@@H](N)C2)nc2c1c(=O)n(CC(=O)c1ccccc1NC(=O)C1CC1)c(=O)n2C. The molecule has 38 heavy (non-hydrogen) atoms. The number of allylic oxidation sites excluding steroid dienone is 2. The number of Topliss-reactive ketones (excluding diaryl/α,β-unsaturated/α-hetero) is 1. The Bertz CT molecular complexity index is 1540. The third-order valence-electron chi connectivity index (χ3n) is 7.21. The maximum atomic E-state index is 13.8. The van der Waals surface area contributed by atoms with Crippen molar-refractivity contribution in [2.45, 2.75) is 51.7 Å². The highest BCUT2D eigenvalue weighted by Crippen LogP contribution is 2.31. The molecule has 3 N–H and O–H groups in total. The van der Waals surface area contributed by atoms with Gasteiger partial charge in [0.1, 0.15) is 0 Å². The van der Waals surface area contributed by atoms with Crippen LogP contribution < -0.4 is 27.2 Å². The number of rotatable bonds is 8. The first-order valence-corrected chi connectivity index (χ1v) is 13.0. The number of imidazole rings is 1. The van der Waals surface area contributed by atoms with Crippen LogP contribution in [0.1, 0.15) is 43.0 Å². The van der Waals surface area contributed by atoms with Gasteiger partial charge in [-0.3, -0.25) is 23.5 Å². The molecule has 2 aromatic heterocycles. The number of anilines is 2. The first kappa shape index (κ1) is 25.7. The molecule has 2 aliphatic rings. The second-order valence-electron chi connectivity index (χ2n) is 10.1. The maximum absolute atomic E-state index is 13.8. The van der Waals surface area contributed by atoms with E-state index in [1.807, 2.05) is 19.1 Å². The monoisotopic (exact) mass is 519 g/mol. The summed E-state index contributed by atoms with van der Waals surface area (Å²) in [5.41, 5.74) is 6.14. The van der Waals surface area contributed by atoms with E-state index >= 15 is 0 Å². The molecule has 200 valence electrons. The summed E-state index contributed by atoms with van der Waals surface area (Å²) in [6, 6.07) is 6.65. The summed E-state index contributed by atoms with van der Waals surface area (Å²) in [5.74, 6) is -0.0243. The minimum absolute atomic E-state index is 0.00250. The number of aromatic nitrogens is 4. The van der Waals surface area contributed by atoms with E-state index in [9.17, 15) is 19.2 Å². The Kier molecular flexibility index (Phi) is 7.02. The summed E-state index contributed by atoms with van der Waals surface area (Å²) in [6.07, 6.45) is 7.28. The van der Waals surface area contributed by atoms with E-state index in [2.05, 4.69) is 10.2 Å². The number of para-hydroxylation sites is 1. The number of fused-ring (bicyclic) bond motifs is 1. The molecular weight excluding hydrogens is 486 g/mol. The van der Waals surface area contributed by atoms with Gasteiger partial charge >= 0.3 is 5.69 Å². The van der Waals surface area contributed by atoms with Gasteiger partial charge in [-0.2, -0.15) is 4.98 Å². The number of aryl methyl sites for hydroxylation is 1. The van der Waals surface area contributed by atoms with Crippen LogP contribution >= 0.6 is 0 Å². The second-order valence-corrected chi connectivity index (χ2v) is 10.1. The lowest BCUT2D eigenvalue weighted by Crippen LogP contribution is -2.44. The zero-order valence-corrected chi connectivity index (χ0v) is 21.7. The summed E-state index contributed by atoms with van der Waals surface area (Å²) < 4.78 is 4.05. The van der Waals surface area contributed by atoms with E-state index in [0.717, 1.165) is 36.8 Å². The highest BCUT2D eigenvalue weighted by atomic mass is 16.2. The lowest BCUT2D eigenvalue weighted by Gasteiger charge is -2.31. The van der Waals surface area contributed by atoms with Gasteiger partial charge in [0.05, 0.1) is 12.2 Å². The third kappa shape index (κ3) is 4.81. The van der Waals surface area contributed by atoms with Crippen molar-refractivity contribution in [3.8, 4) is 0 Å². The number of hydrogen-bond donors (Lipinski definition) is 2. The van der Waals surface area contributed by atoms with Gasteiger partial charge in [0.2, 0.25) is 11.9 Å². The van der Waals surface area contributed by atoms with E-state index in [-0.39, 0.29) is 34.6 Å². The smallest absolute Gasteiger partial charge is 0.332 e. The molecule has 5 rings (SSSR count). The van der Waals surface area contributed by atoms with Gasteiger partial charge in [0.25, 0.3) is 5.56 Å². The maximum Gasteiger partial charge on any atom is 0.332 e. The highest BCUT2D eigenvalue weighted by Gasteiger charge is 2.31. The number of hydrogen-bond acceptors (Lipinski definition) is 7. The van der Waals surface area contributed by atoms with E-state index in [1.54, 1.807) is 35.9 Å². The lowest BCUT2D eigenvalue weighted by atomic mass is 10.1. The van der Waals surface area contributed by atoms with Crippen molar-refractivity contribution in [2.75, 3.05) is 23.3 Å². The first-order valence-electron chi connectivity index (χ1n) is 13.0. The van der Waals surface area contributed by atoms with Gasteiger partial charge in [-0.05, 0) is 44.7 Å². The number of benzene rings is 1. The molecular formula is C27H33N7O4. The quantitative estimate of drug-likeness (QED) is 0.341. The van der Waals surface area contributed by atoms with Crippen LogP contribution in [0.5, 0.6) is 0 Å². The molecule has 2 fully saturated rings. The number of nitrogens with two attached hydrogens (primary N) is 1. The molecule has 3 aromatic rings. The standard InChI is InChI=1S/C27H33N7O4/c1-3-4-14-33-22-23(30-26(33)32-13-7-8-18(28)15-32)31(2)27(38)34(25(22)37)16-21(35)19-9-5-6-10-20(19)29-24(36)17-11-12-17/h3-6,9-10,17-18H,7-8,11-16,28H2,1-2H3,(H,29,36)/b4-3+/t18-/m1/s1. The first-order chi connectivity index (χ1) is 18.3. The molecule has 1 atom stereocenters. The lowest BCUT2D eigenvalue weighted by molar-refractivity contribution is -0.117. The van der Waals surface area contributed by atoms with Crippen LogP contribution in [-0.2, 0) is 24.9 Å². The molecule has 3 heterocycles. The second kappa shape index (κ2) is 10.4. The summed E-state index contributed by atoms with van der Waals surface area (Å²) >= 11 is 0. The van der Waals surface area contributed by atoms with Crippen LogP contribution in [0.15, 0.2) is 46.0 Å². The summed E-state index contributed by atoms with van der Waals surface area (Å²) in [4.78, 5) is 59.5. The van der Waals surface area contributed by atoms with Gasteiger partial charge < -0.3 is 20.5 Å². The van der Waals surface area contributed by atoms with Crippen LogP contribution in [0.4, 0.5) is 11.6 Å². The number of carbonyl (C=O) groups excluding carboxylic acids is 2. The Morgan fingerprint density at radius 3 is 2.63 bits per heavy atom. The third-order valence-corrected chi connectivity index (χ3v) is 7.21. The molecule has 1 amide bonds. The van der Waals surface area contributed by atoms with Crippen LogP contribution in [-0.4, -0.2) is 49.5 Å². The van der Waals surface area contributed by atoms with Crippen molar-refractivity contribution in [3.63, 3.8) is 0 Å². The fourth-order valence-corrected chi connectivity index (χ4v) is 4.96. The number of amides is 1. The topological polar surface area (TPSA) is 137 Å². The van der Waals surface area contributed by atoms with Crippen molar-refractivity contribution >= 4 is 34.5 Å². The largest absolute Gasteiger partial charge is 0.341 e. The molecule has 1 aromatic carbocycles.